The fourth-order valence-corrected chi connectivity index (χ4v) is 2.85. The predicted octanol–water partition coefficient (Wildman–Crippen LogP) is 1.66. The van der Waals surface area contributed by atoms with Crippen LogP contribution >= 0.6 is 0 Å². The van der Waals surface area contributed by atoms with Crippen molar-refractivity contribution in [3.63, 3.8) is 0 Å². The zero-order valence-corrected chi connectivity index (χ0v) is 18.0. The minimum Gasteiger partial charge on any atom is -0.475 e. The number of carbonyl (C=O) groups is 3. The zero-order chi connectivity index (χ0) is 25.6. The molecule has 0 bridgehead atoms. The molecule has 1 heterocycles. The molecule has 1 aliphatic heterocycles. The van der Waals surface area contributed by atoms with Crippen LogP contribution in [-0.2, 0) is 14.4 Å². The number of hydrogen-bond donors (Lipinski definition) is 4. The number of nitrogens with zero attached hydrogens (tertiary/aromatic N) is 1. The van der Waals surface area contributed by atoms with E-state index in [0.29, 0.717) is 19.4 Å². The van der Waals surface area contributed by atoms with E-state index in [9.17, 15) is 41.0 Å². The van der Waals surface area contributed by atoms with Gasteiger partial charge in [-0.15, -0.1) is 0 Å². The van der Waals surface area contributed by atoms with E-state index in [1.165, 1.54) is 18.7 Å². The summed E-state index contributed by atoms with van der Waals surface area (Å²) in [6, 6.07) is -3.11. The van der Waals surface area contributed by atoms with E-state index in [1.54, 1.807) is 13.8 Å². The first-order chi connectivity index (χ1) is 14.3. The Labute approximate surface area is 181 Å². The SMILES string of the molecule is CC(C)C(NC(=O)[C@H]1CCCN1C(=O)[C@@H](N)C(C)C)[C@H](O)C(F)(F)F.O=C(O)C(F)(F)F. The van der Waals surface area contributed by atoms with E-state index in [0.717, 1.165) is 0 Å². The number of nitrogens with two attached hydrogens (primary N) is 1. The number of aliphatic carboxylic acids is 1. The number of nitrogens with one attached hydrogen (secondary N) is 1. The van der Waals surface area contributed by atoms with Gasteiger partial charge in [0.05, 0.1) is 12.1 Å². The number of aliphatic hydroxyl groups excluding tert-OH is 1. The second-order valence-electron chi connectivity index (χ2n) is 8.03. The molecule has 4 atom stereocenters. The zero-order valence-electron chi connectivity index (χ0n) is 18.0. The Morgan fingerprint density at radius 2 is 1.50 bits per heavy atom. The normalized spacial score (nSPS) is 19.8. The first-order valence-corrected chi connectivity index (χ1v) is 9.73. The van der Waals surface area contributed by atoms with Gasteiger partial charge in [-0.3, -0.25) is 9.59 Å². The van der Waals surface area contributed by atoms with Gasteiger partial charge in [-0.2, -0.15) is 26.3 Å². The van der Waals surface area contributed by atoms with Gasteiger partial charge >= 0.3 is 18.3 Å². The van der Waals surface area contributed by atoms with Crippen molar-refractivity contribution in [2.24, 2.45) is 17.6 Å². The van der Waals surface area contributed by atoms with Crippen LogP contribution in [0.2, 0.25) is 0 Å². The van der Waals surface area contributed by atoms with Gasteiger partial charge in [0.1, 0.15) is 6.04 Å². The van der Waals surface area contributed by atoms with E-state index in [-0.39, 0.29) is 11.8 Å². The van der Waals surface area contributed by atoms with Crippen molar-refractivity contribution in [1.82, 2.24) is 10.2 Å². The molecule has 0 aromatic rings. The number of carbonyl (C=O) groups excluding carboxylic acids is 2. The lowest BCUT2D eigenvalue weighted by atomic mass is 9.97. The van der Waals surface area contributed by atoms with Crippen LogP contribution in [0.4, 0.5) is 26.3 Å². The summed E-state index contributed by atoms with van der Waals surface area (Å²) in [7, 11) is 0. The number of halogens is 6. The molecule has 1 rings (SSSR count). The molecule has 1 unspecified atom stereocenters. The maximum atomic E-state index is 12.8. The van der Waals surface area contributed by atoms with Gasteiger partial charge in [0.2, 0.25) is 11.8 Å². The third-order valence-electron chi connectivity index (χ3n) is 4.79. The summed E-state index contributed by atoms with van der Waals surface area (Å²) >= 11 is 0. The summed E-state index contributed by atoms with van der Waals surface area (Å²) in [6.45, 7) is 6.86. The Hall–Kier alpha value is -2.09. The van der Waals surface area contributed by atoms with Crippen molar-refractivity contribution in [3.8, 4) is 0 Å². The fourth-order valence-electron chi connectivity index (χ4n) is 2.85. The Morgan fingerprint density at radius 3 is 1.84 bits per heavy atom. The molecular weight excluding hydrogens is 452 g/mol. The van der Waals surface area contributed by atoms with E-state index >= 15 is 0 Å². The van der Waals surface area contributed by atoms with E-state index in [2.05, 4.69) is 5.32 Å². The highest BCUT2D eigenvalue weighted by Crippen LogP contribution is 2.26. The van der Waals surface area contributed by atoms with Gasteiger partial charge < -0.3 is 26.2 Å². The third-order valence-corrected chi connectivity index (χ3v) is 4.79. The summed E-state index contributed by atoms with van der Waals surface area (Å²) in [5, 5.41) is 18.9. The predicted molar refractivity (Wildman–Crippen MR) is 100 cm³/mol. The number of carboxylic acid groups (broad SMARTS) is 1. The minimum absolute atomic E-state index is 0.118. The fraction of sp³-hybridized carbons (Fsp3) is 0.833. The number of amides is 2. The van der Waals surface area contributed by atoms with Gasteiger partial charge in [-0.1, -0.05) is 27.7 Å². The average Bonchev–Trinajstić information content (AvgIpc) is 3.12. The van der Waals surface area contributed by atoms with E-state index in [1.807, 2.05) is 0 Å². The molecule has 188 valence electrons. The van der Waals surface area contributed by atoms with Crippen molar-refractivity contribution < 1.29 is 50.9 Å². The standard InChI is InChI=1S/C16H28F3N3O3.C2HF3O2/c1-8(2)11(20)15(25)22-7-5-6-10(22)14(24)21-12(9(3)4)13(23)16(17,18)19;3-2(4,5)1(6)7/h8-13,23H,5-7,20H2,1-4H3,(H,21,24);(H,6,7)/t10-,11+,12?,13+;/m1./s1. The Morgan fingerprint density at radius 1 is 1.03 bits per heavy atom. The van der Waals surface area contributed by atoms with E-state index < -0.39 is 54.4 Å². The van der Waals surface area contributed by atoms with Gasteiger partial charge in [0, 0.05) is 6.54 Å². The highest BCUT2D eigenvalue weighted by atomic mass is 19.4. The number of likely N-dealkylation sites (tertiary alicyclic amines) is 1. The van der Waals surface area contributed by atoms with Crippen LogP contribution in [-0.4, -0.2) is 76.0 Å². The molecule has 0 spiro atoms. The van der Waals surface area contributed by atoms with Crippen molar-refractivity contribution in [2.45, 2.75) is 77.1 Å². The number of aliphatic hydroxyl groups is 1. The smallest absolute Gasteiger partial charge is 0.475 e. The second-order valence-corrected chi connectivity index (χ2v) is 8.03. The van der Waals surface area contributed by atoms with Crippen LogP contribution in [0.1, 0.15) is 40.5 Å². The van der Waals surface area contributed by atoms with Gasteiger partial charge in [0.25, 0.3) is 0 Å². The maximum absolute atomic E-state index is 12.8. The molecule has 2 amide bonds. The van der Waals surface area contributed by atoms with Crippen LogP contribution in [0.5, 0.6) is 0 Å². The minimum atomic E-state index is -5.08. The van der Waals surface area contributed by atoms with Gasteiger partial charge in [-0.05, 0) is 24.7 Å². The molecule has 1 saturated heterocycles. The molecule has 1 fully saturated rings. The Bertz CT molecular complexity index is 654. The van der Waals surface area contributed by atoms with Crippen molar-refractivity contribution in [2.75, 3.05) is 6.54 Å². The first-order valence-electron chi connectivity index (χ1n) is 9.73. The van der Waals surface area contributed by atoms with E-state index in [4.69, 9.17) is 15.6 Å². The molecule has 0 saturated carbocycles. The molecule has 14 heteroatoms. The molecule has 0 aromatic carbocycles. The molecule has 1 aliphatic rings. The van der Waals surface area contributed by atoms with Crippen LogP contribution in [0.3, 0.4) is 0 Å². The van der Waals surface area contributed by atoms with Crippen LogP contribution in [0, 0.1) is 11.8 Å². The summed E-state index contributed by atoms with van der Waals surface area (Å²) < 4.78 is 70.1. The second kappa shape index (κ2) is 11.7. The summed E-state index contributed by atoms with van der Waals surface area (Å²) in [5.74, 6) is -4.59. The largest absolute Gasteiger partial charge is 0.490 e. The molecular formula is C18H29F6N3O5. The Kier molecular flexibility index (Phi) is 10.9. The molecule has 8 nitrogen and oxygen atoms in total. The molecule has 0 radical (unpaired) electrons. The monoisotopic (exact) mass is 481 g/mol. The lowest BCUT2D eigenvalue weighted by molar-refractivity contribution is -0.215. The molecule has 0 aromatic heterocycles. The van der Waals surface area contributed by atoms with Crippen LogP contribution in [0.15, 0.2) is 0 Å². The summed E-state index contributed by atoms with van der Waals surface area (Å²) in [6.07, 6.45) is -11.7. The number of carboxylic acids is 1. The summed E-state index contributed by atoms with van der Waals surface area (Å²) in [5.41, 5.74) is 5.85. The topological polar surface area (TPSA) is 133 Å². The van der Waals surface area contributed by atoms with Crippen molar-refractivity contribution in [3.05, 3.63) is 0 Å². The van der Waals surface area contributed by atoms with Gasteiger partial charge in [0.15, 0.2) is 6.10 Å². The van der Waals surface area contributed by atoms with Crippen molar-refractivity contribution >= 4 is 17.8 Å². The number of hydrogen-bond acceptors (Lipinski definition) is 5. The number of rotatable bonds is 6. The third kappa shape index (κ3) is 8.81. The van der Waals surface area contributed by atoms with Crippen LogP contribution < -0.4 is 11.1 Å². The lowest BCUT2D eigenvalue weighted by Gasteiger charge is -2.32. The van der Waals surface area contributed by atoms with Gasteiger partial charge in [-0.25, -0.2) is 4.79 Å². The molecule has 0 aliphatic carbocycles. The summed E-state index contributed by atoms with van der Waals surface area (Å²) in [4.78, 5) is 35.1. The quantitative estimate of drug-likeness (QED) is 0.427. The highest BCUT2D eigenvalue weighted by Gasteiger charge is 2.46. The van der Waals surface area contributed by atoms with Crippen LogP contribution in [0.25, 0.3) is 0 Å². The lowest BCUT2D eigenvalue weighted by Crippen LogP contribution is -2.58. The highest BCUT2D eigenvalue weighted by molar-refractivity contribution is 5.90. The first kappa shape index (κ1) is 29.9. The average molecular weight is 481 g/mol. The molecule has 32 heavy (non-hydrogen) atoms. The Balaban J connectivity index is 0.00000118. The maximum Gasteiger partial charge on any atom is 0.490 e. The van der Waals surface area contributed by atoms with Crippen molar-refractivity contribution in [1.29, 1.82) is 0 Å². The molecule has 5 N–H and O–H groups in total. The number of alkyl halides is 6.